The minimum absolute atomic E-state index is 0.0381. The van der Waals surface area contributed by atoms with Gasteiger partial charge in [-0.05, 0) is 24.3 Å². The first-order valence-electron chi connectivity index (χ1n) is 6.50. The van der Waals surface area contributed by atoms with Crippen molar-refractivity contribution in [2.45, 2.75) is 6.54 Å². The summed E-state index contributed by atoms with van der Waals surface area (Å²) in [6.07, 6.45) is 1.86. The summed E-state index contributed by atoms with van der Waals surface area (Å²) in [5, 5.41) is 19.7. The molecule has 0 saturated heterocycles. The number of nitro benzene ring substituents is 1. The van der Waals surface area contributed by atoms with Gasteiger partial charge in [-0.15, -0.1) is 10.2 Å². The normalized spacial score (nSPS) is 10.8. The predicted molar refractivity (Wildman–Crippen MR) is 83.2 cm³/mol. The van der Waals surface area contributed by atoms with Crippen LogP contribution in [0.2, 0.25) is 5.02 Å². The summed E-state index contributed by atoms with van der Waals surface area (Å²) in [7, 11) is 1.76. The number of hydrogen-bond acceptors (Lipinski definition) is 5. The SMILES string of the molecule is CN(Cc1nnc2ccccn12)c1ccc(Cl)cc1[N+](=O)[O-]. The summed E-state index contributed by atoms with van der Waals surface area (Å²) in [6.45, 7) is 0.383. The van der Waals surface area contributed by atoms with Crippen LogP contribution >= 0.6 is 11.6 Å². The van der Waals surface area contributed by atoms with Crippen LogP contribution < -0.4 is 4.90 Å². The van der Waals surface area contributed by atoms with Gasteiger partial charge in [-0.25, -0.2) is 0 Å². The van der Waals surface area contributed by atoms with E-state index in [0.717, 1.165) is 5.65 Å². The molecule has 3 aromatic rings. The Balaban J connectivity index is 1.95. The third-order valence-corrected chi connectivity index (χ3v) is 3.54. The van der Waals surface area contributed by atoms with Crippen LogP contribution in [0.1, 0.15) is 5.82 Å². The third-order valence-electron chi connectivity index (χ3n) is 3.31. The molecule has 0 bridgehead atoms. The maximum Gasteiger partial charge on any atom is 0.294 e. The van der Waals surface area contributed by atoms with Gasteiger partial charge in [0.15, 0.2) is 11.5 Å². The highest BCUT2D eigenvalue weighted by atomic mass is 35.5. The van der Waals surface area contributed by atoms with Gasteiger partial charge in [-0.3, -0.25) is 14.5 Å². The topological polar surface area (TPSA) is 76.6 Å². The molecule has 1 aromatic carbocycles. The van der Waals surface area contributed by atoms with E-state index in [2.05, 4.69) is 10.2 Å². The molecular formula is C14H12ClN5O2. The lowest BCUT2D eigenvalue weighted by Gasteiger charge is -2.18. The quantitative estimate of drug-likeness (QED) is 0.546. The van der Waals surface area contributed by atoms with E-state index in [1.54, 1.807) is 24.1 Å². The Morgan fingerprint density at radius 2 is 2.14 bits per heavy atom. The molecule has 112 valence electrons. The first-order valence-corrected chi connectivity index (χ1v) is 6.88. The van der Waals surface area contributed by atoms with Gasteiger partial charge in [0.05, 0.1) is 11.5 Å². The van der Waals surface area contributed by atoms with E-state index >= 15 is 0 Å². The molecule has 0 aliphatic rings. The van der Waals surface area contributed by atoms with Gasteiger partial charge >= 0.3 is 0 Å². The lowest BCUT2D eigenvalue weighted by molar-refractivity contribution is -0.384. The van der Waals surface area contributed by atoms with Crippen LogP contribution in [0.5, 0.6) is 0 Å². The van der Waals surface area contributed by atoms with E-state index in [1.807, 2.05) is 28.8 Å². The second-order valence-electron chi connectivity index (χ2n) is 4.79. The van der Waals surface area contributed by atoms with E-state index in [-0.39, 0.29) is 5.69 Å². The summed E-state index contributed by atoms with van der Waals surface area (Å²) in [5.41, 5.74) is 1.17. The fourth-order valence-electron chi connectivity index (χ4n) is 2.26. The van der Waals surface area contributed by atoms with E-state index in [4.69, 9.17) is 11.6 Å². The molecule has 8 heteroatoms. The molecule has 0 fully saturated rings. The van der Waals surface area contributed by atoms with Gasteiger partial charge in [0.1, 0.15) is 5.69 Å². The van der Waals surface area contributed by atoms with E-state index in [0.29, 0.717) is 23.1 Å². The van der Waals surface area contributed by atoms with Crippen LogP contribution in [0.3, 0.4) is 0 Å². The van der Waals surface area contributed by atoms with Crippen LogP contribution in [0.15, 0.2) is 42.6 Å². The molecule has 0 aliphatic carbocycles. The van der Waals surface area contributed by atoms with Gasteiger partial charge in [0, 0.05) is 24.3 Å². The van der Waals surface area contributed by atoms with Crippen molar-refractivity contribution < 1.29 is 4.92 Å². The smallest absolute Gasteiger partial charge is 0.294 e. The van der Waals surface area contributed by atoms with Crippen molar-refractivity contribution in [1.82, 2.24) is 14.6 Å². The molecule has 22 heavy (non-hydrogen) atoms. The molecule has 0 saturated carbocycles. The van der Waals surface area contributed by atoms with Crippen molar-refractivity contribution in [3.63, 3.8) is 0 Å². The molecular weight excluding hydrogens is 306 g/mol. The first kappa shape index (κ1) is 14.3. The van der Waals surface area contributed by atoms with Gasteiger partial charge in [-0.1, -0.05) is 17.7 Å². The average molecular weight is 318 g/mol. The monoisotopic (exact) mass is 317 g/mol. The minimum Gasteiger partial charge on any atom is -0.361 e. The van der Waals surface area contributed by atoms with Crippen LogP contribution in [0.25, 0.3) is 5.65 Å². The Labute approximate surface area is 130 Å². The number of halogens is 1. The molecule has 0 unspecified atom stereocenters. The molecule has 0 spiro atoms. The Morgan fingerprint density at radius 1 is 1.32 bits per heavy atom. The lowest BCUT2D eigenvalue weighted by Crippen LogP contribution is -2.19. The van der Waals surface area contributed by atoms with Crippen molar-refractivity contribution in [2.24, 2.45) is 0 Å². The maximum absolute atomic E-state index is 11.2. The Morgan fingerprint density at radius 3 is 2.91 bits per heavy atom. The van der Waals surface area contributed by atoms with E-state index in [9.17, 15) is 10.1 Å². The average Bonchev–Trinajstić information content (AvgIpc) is 2.90. The van der Waals surface area contributed by atoms with E-state index in [1.165, 1.54) is 6.07 Å². The number of rotatable bonds is 4. The number of benzene rings is 1. The van der Waals surface area contributed by atoms with Gasteiger partial charge in [0.25, 0.3) is 5.69 Å². The molecule has 0 N–H and O–H groups in total. The van der Waals surface area contributed by atoms with Crippen molar-refractivity contribution in [1.29, 1.82) is 0 Å². The molecule has 3 rings (SSSR count). The molecule has 2 heterocycles. The second-order valence-corrected chi connectivity index (χ2v) is 5.23. The standard InChI is InChI=1S/C14H12ClN5O2/c1-18(11-6-5-10(15)8-12(11)20(21)22)9-14-17-16-13-4-2-3-7-19(13)14/h2-8H,9H2,1H3. The van der Waals surface area contributed by atoms with Gasteiger partial charge in [0.2, 0.25) is 0 Å². The summed E-state index contributed by atoms with van der Waals surface area (Å²) < 4.78 is 1.85. The van der Waals surface area contributed by atoms with Crippen molar-refractivity contribution in [3.8, 4) is 0 Å². The highest BCUT2D eigenvalue weighted by molar-refractivity contribution is 6.30. The van der Waals surface area contributed by atoms with E-state index < -0.39 is 4.92 Å². The Bertz CT molecular complexity index is 848. The zero-order valence-corrected chi connectivity index (χ0v) is 12.4. The summed E-state index contributed by atoms with van der Waals surface area (Å²) in [4.78, 5) is 12.5. The van der Waals surface area contributed by atoms with Crippen molar-refractivity contribution >= 4 is 28.6 Å². The molecule has 2 aromatic heterocycles. The van der Waals surface area contributed by atoms with Crippen LogP contribution in [-0.2, 0) is 6.54 Å². The third kappa shape index (κ3) is 2.58. The number of hydrogen-bond donors (Lipinski definition) is 0. The summed E-state index contributed by atoms with van der Waals surface area (Å²) in [6, 6.07) is 10.2. The van der Waals surface area contributed by atoms with Gasteiger partial charge in [-0.2, -0.15) is 0 Å². The molecule has 0 amide bonds. The number of pyridine rings is 1. The predicted octanol–water partition coefficient (Wildman–Crippen LogP) is 2.93. The number of aromatic nitrogens is 3. The fraction of sp³-hybridized carbons (Fsp3) is 0.143. The second kappa shape index (κ2) is 5.61. The van der Waals surface area contributed by atoms with Crippen LogP contribution in [0.4, 0.5) is 11.4 Å². The van der Waals surface area contributed by atoms with Gasteiger partial charge < -0.3 is 4.90 Å². The highest BCUT2D eigenvalue weighted by Gasteiger charge is 2.19. The first-order chi connectivity index (χ1) is 10.6. The van der Waals surface area contributed by atoms with Crippen LogP contribution in [0, 0.1) is 10.1 Å². The molecule has 0 radical (unpaired) electrons. The fourth-order valence-corrected chi connectivity index (χ4v) is 2.43. The molecule has 0 atom stereocenters. The summed E-state index contributed by atoms with van der Waals surface area (Å²) >= 11 is 5.84. The highest BCUT2D eigenvalue weighted by Crippen LogP contribution is 2.30. The largest absolute Gasteiger partial charge is 0.361 e. The number of anilines is 1. The lowest BCUT2D eigenvalue weighted by atomic mass is 10.2. The van der Waals surface area contributed by atoms with Crippen molar-refractivity contribution in [2.75, 3.05) is 11.9 Å². The van der Waals surface area contributed by atoms with Crippen molar-refractivity contribution in [3.05, 3.63) is 63.6 Å². The molecule has 0 aliphatic heterocycles. The zero-order chi connectivity index (χ0) is 15.7. The van der Waals surface area contributed by atoms with Crippen LogP contribution in [-0.4, -0.2) is 26.6 Å². The minimum atomic E-state index is -0.445. The Hall–Kier alpha value is -2.67. The summed E-state index contributed by atoms with van der Waals surface area (Å²) in [5.74, 6) is 0.697. The number of nitro groups is 1. The number of fused-ring (bicyclic) bond motifs is 1. The Kier molecular flexibility index (Phi) is 3.64. The zero-order valence-electron chi connectivity index (χ0n) is 11.7. The number of nitrogens with zero attached hydrogens (tertiary/aromatic N) is 5. The maximum atomic E-state index is 11.2. The molecule has 7 nitrogen and oxygen atoms in total.